The molecule has 4 aliphatic rings. The van der Waals surface area contributed by atoms with Crippen molar-refractivity contribution in [1.82, 2.24) is 0 Å². The quantitative estimate of drug-likeness (QED) is 0.0888. The third-order valence-corrected chi connectivity index (χ3v) is 21.9. The first-order chi connectivity index (χ1) is 33.3. The maximum atomic E-state index is 2.75. The fraction of sp³-hybridized carbons (Fsp3) is 0.108. The molecule has 11 aromatic rings. The Kier molecular flexibility index (Phi) is 7.84. The molecule has 4 aliphatic heterocycles. The van der Waals surface area contributed by atoms with E-state index in [2.05, 4.69) is 223 Å². The minimum Gasteiger partial charge on any atom is -0.0664 e. The Morgan fingerprint density at radius 2 is 0.721 bits per heavy atom. The Morgan fingerprint density at radius 3 is 1.18 bits per heavy atom. The van der Waals surface area contributed by atoms with Crippen molar-refractivity contribution >= 4 is 107 Å². The molecular formula is C65H48B2Si. The van der Waals surface area contributed by atoms with Gasteiger partial charge in [0.25, 0.3) is 0 Å². The fourth-order valence-corrected chi connectivity index (χ4v) is 19.1. The largest absolute Gasteiger partial charge is 0.244 e. The molecule has 68 heavy (non-hydrogen) atoms. The van der Waals surface area contributed by atoms with Gasteiger partial charge in [-0.3, -0.25) is 0 Å². The summed E-state index contributed by atoms with van der Waals surface area (Å²) in [7, 11) is -3.10. The highest BCUT2D eigenvalue weighted by Gasteiger charge is 2.48. The normalized spacial score (nSPS) is 13.6. The molecule has 0 saturated heterocycles. The molecule has 11 aromatic carbocycles. The maximum Gasteiger partial charge on any atom is 0.244 e. The molecule has 0 bridgehead atoms. The summed E-state index contributed by atoms with van der Waals surface area (Å²) in [4.78, 5) is 0. The van der Waals surface area contributed by atoms with Crippen molar-refractivity contribution in [2.24, 2.45) is 0 Å². The van der Waals surface area contributed by atoms with Gasteiger partial charge in [0, 0.05) is 0 Å². The zero-order valence-corrected chi connectivity index (χ0v) is 40.2. The molecule has 0 amide bonds. The second kappa shape index (κ2) is 13.7. The van der Waals surface area contributed by atoms with Gasteiger partial charge in [-0.2, -0.15) is 0 Å². The molecule has 0 fully saturated rings. The van der Waals surface area contributed by atoms with E-state index in [1.807, 2.05) is 0 Å². The van der Waals surface area contributed by atoms with E-state index in [4.69, 9.17) is 0 Å². The van der Waals surface area contributed by atoms with E-state index >= 15 is 0 Å². The highest BCUT2D eigenvalue weighted by Crippen LogP contribution is 2.48. The standard InChI is InChI=1S/C65H48B2Si/c1-37(2)40-30-50-45-25-16-18-28-56(45)67-58-35-54-59(68(42-19-9-6-10-20-42,43-21-11-7-12-22-43)44-23-13-8-14-24-44)36-49-53-33-41(38(3)4)31-51-46-26-15-17-27-55(46)66(65(51)53)57-34-47-39(5)29-48(52(32-40)64(50)67)60(58)62(47)63(54)61(49)57/h6-38H,1-5H3. The average molecular weight is 879 g/mol. The smallest absolute Gasteiger partial charge is 0.0664 e. The van der Waals surface area contributed by atoms with Gasteiger partial charge in [0.15, 0.2) is 8.07 Å². The monoisotopic (exact) mass is 878 g/mol. The molecular weight excluding hydrogens is 830 g/mol. The van der Waals surface area contributed by atoms with Gasteiger partial charge in [0.2, 0.25) is 13.4 Å². The van der Waals surface area contributed by atoms with Crippen molar-refractivity contribution in [2.45, 2.75) is 46.5 Å². The maximum absolute atomic E-state index is 3.10. The van der Waals surface area contributed by atoms with Crippen LogP contribution in [0.15, 0.2) is 188 Å². The third kappa shape index (κ3) is 4.78. The summed E-state index contributed by atoms with van der Waals surface area (Å²) >= 11 is 0. The van der Waals surface area contributed by atoms with E-state index in [-0.39, 0.29) is 13.4 Å². The summed E-state index contributed by atoms with van der Waals surface area (Å²) in [5, 5.41) is 14.3. The van der Waals surface area contributed by atoms with E-state index in [0.29, 0.717) is 11.8 Å². The van der Waals surface area contributed by atoms with Crippen LogP contribution in [0.4, 0.5) is 0 Å². The van der Waals surface area contributed by atoms with Gasteiger partial charge in [0.05, 0.1) is 0 Å². The third-order valence-electron chi connectivity index (χ3n) is 17.0. The van der Waals surface area contributed by atoms with Crippen LogP contribution < -0.4 is 53.5 Å². The van der Waals surface area contributed by atoms with Crippen LogP contribution in [0.25, 0.3) is 76.8 Å². The summed E-state index contributed by atoms with van der Waals surface area (Å²) in [6.07, 6.45) is 0. The van der Waals surface area contributed by atoms with Gasteiger partial charge in [-0.1, -0.05) is 249 Å². The van der Waals surface area contributed by atoms with Crippen LogP contribution in [0.5, 0.6) is 0 Å². The van der Waals surface area contributed by atoms with E-state index < -0.39 is 8.07 Å². The van der Waals surface area contributed by atoms with Crippen molar-refractivity contribution in [3.8, 4) is 44.5 Å². The molecule has 0 N–H and O–H groups in total. The Labute approximate surface area is 400 Å². The first-order valence-electron chi connectivity index (χ1n) is 24.9. The van der Waals surface area contributed by atoms with Crippen LogP contribution in [0, 0.1) is 6.92 Å². The molecule has 318 valence electrons. The van der Waals surface area contributed by atoms with E-state index in [1.54, 1.807) is 0 Å². The lowest BCUT2D eigenvalue weighted by molar-refractivity contribution is 0.868. The van der Waals surface area contributed by atoms with Gasteiger partial charge in [0.1, 0.15) is 0 Å². The molecule has 4 heterocycles. The number of hydrogen-bond donors (Lipinski definition) is 0. The molecule has 0 unspecified atom stereocenters. The number of hydrogen-bond acceptors (Lipinski definition) is 0. The van der Waals surface area contributed by atoms with Crippen LogP contribution >= 0.6 is 0 Å². The summed E-state index contributed by atoms with van der Waals surface area (Å²) in [6.45, 7) is 12.2. The molecule has 0 saturated carbocycles. The van der Waals surface area contributed by atoms with Crippen molar-refractivity contribution in [3.63, 3.8) is 0 Å². The van der Waals surface area contributed by atoms with Crippen LogP contribution in [-0.2, 0) is 0 Å². The lowest BCUT2D eigenvalue weighted by Gasteiger charge is -2.38. The minimum absolute atomic E-state index is 0.138. The van der Waals surface area contributed by atoms with Gasteiger partial charge < -0.3 is 0 Å². The highest BCUT2D eigenvalue weighted by molar-refractivity contribution is 7.21. The van der Waals surface area contributed by atoms with Gasteiger partial charge >= 0.3 is 0 Å². The molecule has 0 aliphatic carbocycles. The summed E-state index contributed by atoms with van der Waals surface area (Å²) in [6, 6.07) is 74.6. The zero-order chi connectivity index (χ0) is 45.3. The van der Waals surface area contributed by atoms with Crippen molar-refractivity contribution < 1.29 is 0 Å². The van der Waals surface area contributed by atoms with Crippen LogP contribution in [0.1, 0.15) is 56.2 Å². The van der Waals surface area contributed by atoms with Gasteiger partial charge in [-0.05, 0) is 133 Å². The van der Waals surface area contributed by atoms with Crippen LogP contribution in [0.3, 0.4) is 0 Å². The molecule has 15 rings (SSSR count). The van der Waals surface area contributed by atoms with Crippen molar-refractivity contribution in [2.75, 3.05) is 0 Å². The fourth-order valence-electron chi connectivity index (χ4n) is 14.1. The number of fused-ring (bicyclic) bond motifs is 10. The molecule has 0 spiro atoms. The Morgan fingerprint density at radius 1 is 0.338 bits per heavy atom. The van der Waals surface area contributed by atoms with E-state index in [9.17, 15) is 0 Å². The van der Waals surface area contributed by atoms with Crippen molar-refractivity contribution in [1.29, 1.82) is 0 Å². The van der Waals surface area contributed by atoms with E-state index in [1.165, 1.54) is 147 Å². The molecule has 0 radical (unpaired) electrons. The number of benzene rings is 11. The molecule has 0 nitrogen and oxygen atoms in total. The van der Waals surface area contributed by atoms with Gasteiger partial charge in [-0.25, -0.2) is 0 Å². The SMILES string of the molecule is Cc1cc2c3c(cc4c([Si](c5ccccc5)(c5ccccc5)c5ccccc5)cc5c6c(cc1c3c46)B1c3ccccc3-c3cc(C(C)C)cc-5c31)B1c3ccccc3-c3cc(C(C)C)cc-2c31. The van der Waals surface area contributed by atoms with E-state index in [0.717, 1.165) is 0 Å². The van der Waals surface area contributed by atoms with Gasteiger partial charge in [-0.15, -0.1) is 0 Å². The molecule has 3 heteroatoms. The predicted octanol–water partition coefficient (Wildman–Crippen LogP) is 9.47. The average Bonchev–Trinajstić information content (AvgIpc) is 3.90. The topological polar surface area (TPSA) is 0 Å². The lowest BCUT2D eigenvalue weighted by Crippen LogP contribution is -2.75. The summed E-state index contributed by atoms with van der Waals surface area (Å²) in [5.74, 6) is 0.799. The highest BCUT2D eigenvalue weighted by atomic mass is 28.3. The zero-order valence-electron chi connectivity index (χ0n) is 39.2. The van der Waals surface area contributed by atoms with Crippen LogP contribution in [-0.4, -0.2) is 21.5 Å². The first kappa shape index (κ1) is 38.9. The minimum atomic E-state index is -3.10. The first-order valence-corrected chi connectivity index (χ1v) is 26.9. The number of rotatable bonds is 6. The molecule has 0 atom stereocenters. The predicted molar refractivity (Wildman–Crippen MR) is 298 cm³/mol. The second-order valence-electron chi connectivity index (χ2n) is 21.0. The number of aryl methyl sites for hydroxylation is 1. The Bertz CT molecular complexity index is 3880. The van der Waals surface area contributed by atoms with Crippen LogP contribution in [0.2, 0.25) is 0 Å². The summed E-state index contributed by atoms with van der Waals surface area (Å²) < 4.78 is 0. The Balaban J connectivity index is 1.22. The Hall–Kier alpha value is -7.19. The second-order valence-corrected chi connectivity index (χ2v) is 24.8. The lowest BCUT2D eigenvalue weighted by atomic mass is 9.34. The summed E-state index contributed by atoms with van der Waals surface area (Å²) in [5.41, 5.74) is 24.2. The van der Waals surface area contributed by atoms with Crippen molar-refractivity contribution in [3.05, 3.63) is 205 Å². The molecule has 0 aromatic heterocycles.